The van der Waals surface area contributed by atoms with Gasteiger partial charge in [0.1, 0.15) is 0 Å². The Hall–Kier alpha value is -1.65. The summed E-state index contributed by atoms with van der Waals surface area (Å²) in [5, 5.41) is 7.72. The number of nitrogens with zero attached hydrogens (tertiary/aromatic N) is 3. The van der Waals surface area contributed by atoms with Gasteiger partial charge in [-0.15, -0.1) is 0 Å². The van der Waals surface area contributed by atoms with E-state index < -0.39 is 0 Å². The largest absolute Gasteiger partial charge is 0.311 e. The minimum Gasteiger partial charge on any atom is -0.311 e. The molecule has 2 aromatic rings. The molecule has 0 fully saturated rings. The molecule has 0 unspecified atom stereocenters. The van der Waals surface area contributed by atoms with E-state index >= 15 is 0 Å². The van der Waals surface area contributed by atoms with E-state index in [1.807, 2.05) is 16.9 Å². The highest BCUT2D eigenvalue weighted by molar-refractivity contribution is 5.33. The molecule has 1 aromatic carbocycles. The highest BCUT2D eigenvalue weighted by Crippen LogP contribution is 2.08. The van der Waals surface area contributed by atoms with E-state index in [9.17, 15) is 0 Å². The lowest BCUT2D eigenvalue weighted by Crippen LogP contribution is -2.31. The van der Waals surface area contributed by atoms with Crippen LogP contribution in [0.25, 0.3) is 5.69 Å². The van der Waals surface area contributed by atoms with Gasteiger partial charge in [0.2, 0.25) is 0 Å². The molecule has 0 bridgehead atoms. The Morgan fingerprint density at radius 2 is 1.90 bits per heavy atom. The maximum Gasteiger partial charge on any atom is 0.0645 e. The van der Waals surface area contributed by atoms with Crippen molar-refractivity contribution in [1.82, 2.24) is 20.0 Å². The summed E-state index contributed by atoms with van der Waals surface area (Å²) in [6, 6.07) is 10.5. The van der Waals surface area contributed by atoms with Crippen molar-refractivity contribution < 1.29 is 0 Å². The molecule has 0 aliphatic rings. The molecule has 0 saturated heterocycles. The highest BCUT2D eigenvalue weighted by atomic mass is 15.3. The van der Waals surface area contributed by atoms with Crippen molar-refractivity contribution in [3.8, 4) is 5.69 Å². The third-order valence-electron chi connectivity index (χ3n) is 3.53. The second kappa shape index (κ2) is 7.82. The third-order valence-corrected chi connectivity index (χ3v) is 3.53. The summed E-state index contributed by atoms with van der Waals surface area (Å²) in [6.07, 6.45) is 3.75. The van der Waals surface area contributed by atoms with Crippen LogP contribution in [0.15, 0.2) is 42.7 Å². The summed E-state index contributed by atoms with van der Waals surface area (Å²) in [7, 11) is 0. The van der Waals surface area contributed by atoms with Crippen LogP contribution in [0.5, 0.6) is 0 Å². The zero-order chi connectivity index (χ0) is 14.2. The van der Waals surface area contributed by atoms with Crippen molar-refractivity contribution in [3.63, 3.8) is 0 Å². The predicted molar refractivity (Wildman–Crippen MR) is 83.1 cm³/mol. The highest BCUT2D eigenvalue weighted by Gasteiger charge is 1.99. The first-order valence-electron chi connectivity index (χ1n) is 7.35. The average molecular weight is 272 g/mol. The van der Waals surface area contributed by atoms with Crippen LogP contribution >= 0.6 is 0 Å². The summed E-state index contributed by atoms with van der Waals surface area (Å²) in [5.41, 5.74) is 2.40. The molecule has 0 aliphatic heterocycles. The monoisotopic (exact) mass is 272 g/mol. The maximum atomic E-state index is 4.23. The van der Waals surface area contributed by atoms with E-state index in [0.29, 0.717) is 0 Å². The van der Waals surface area contributed by atoms with E-state index in [1.165, 1.54) is 5.56 Å². The van der Waals surface area contributed by atoms with Gasteiger partial charge in [-0.25, -0.2) is 4.68 Å². The van der Waals surface area contributed by atoms with Crippen molar-refractivity contribution in [1.29, 1.82) is 0 Å². The van der Waals surface area contributed by atoms with E-state index in [1.54, 1.807) is 6.20 Å². The van der Waals surface area contributed by atoms with Gasteiger partial charge in [-0.1, -0.05) is 26.0 Å². The average Bonchev–Trinajstić information content (AvgIpc) is 3.02. The first-order valence-corrected chi connectivity index (χ1v) is 7.35. The minimum atomic E-state index is 0.917. The van der Waals surface area contributed by atoms with Gasteiger partial charge in [0, 0.05) is 32.0 Å². The molecule has 0 spiro atoms. The molecule has 1 aromatic heterocycles. The fourth-order valence-corrected chi connectivity index (χ4v) is 2.20. The van der Waals surface area contributed by atoms with Crippen LogP contribution in [0.3, 0.4) is 0 Å². The summed E-state index contributed by atoms with van der Waals surface area (Å²) in [6.45, 7) is 9.71. The van der Waals surface area contributed by atoms with Crippen LogP contribution in [-0.2, 0) is 6.54 Å². The van der Waals surface area contributed by atoms with Gasteiger partial charge in [-0.3, -0.25) is 0 Å². The molecular formula is C16H24N4. The minimum absolute atomic E-state index is 0.917. The molecule has 2 rings (SSSR count). The molecule has 108 valence electrons. The first kappa shape index (κ1) is 14.8. The number of hydrogen-bond acceptors (Lipinski definition) is 3. The number of nitrogens with one attached hydrogen (secondary N) is 1. The maximum absolute atomic E-state index is 4.23. The van der Waals surface area contributed by atoms with E-state index in [4.69, 9.17) is 0 Å². The zero-order valence-corrected chi connectivity index (χ0v) is 12.4. The molecule has 0 saturated carbocycles. The SMILES string of the molecule is CCN(CC)CCNCc1ccc(-n2cccn2)cc1. The quantitative estimate of drug-likeness (QED) is 0.749. The Bertz CT molecular complexity index is 472. The van der Waals surface area contributed by atoms with Gasteiger partial charge in [0.05, 0.1) is 5.69 Å². The standard InChI is InChI=1S/C16H24N4/c1-3-19(4-2)13-11-17-14-15-6-8-16(9-7-15)20-12-5-10-18-20/h5-10,12,17H,3-4,11,13-14H2,1-2H3. The Kier molecular flexibility index (Phi) is 5.77. The van der Waals surface area contributed by atoms with Crippen molar-refractivity contribution in [2.75, 3.05) is 26.2 Å². The lowest BCUT2D eigenvalue weighted by atomic mass is 10.2. The molecule has 4 heteroatoms. The Labute approximate surface area is 121 Å². The second-order valence-corrected chi connectivity index (χ2v) is 4.82. The van der Waals surface area contributed by atoms with Gasteiger partial charge in [-0.05, 0) is 36.9 Å². The molecule has 0 atom stereocenters. The van der Waals surface area contributed by atoms with Crippen LogP contribution in [0.4, 0.5) is 0 Å². The van der Waals surface area contributed by atoms with Gasteiger partial charge >= 0.3 is 0 Å². The molecule has 1 N–H and O–H groups in total. The van der Waals surface area contributed by atoms with Crippen molar-refractivity contribution in [2.45, 2.75) is 20.4 Å². The van der Waals surface area contributed by atoms with Gasteiger partial charge < -0.3 is 10.2 Å². The van der Waals surface area contributed by atoms with Crippen molar-refractivity contribution >= 4 is 0 Å². The predicted octanol–water partition coefficient (Wildman–Crippen LogP) is 2.30. The van der Waals surface area contributed by atoms with Crippen molar-refractivity contribution in [3.05, 3.63) is 48.3 Å². The number of aromatic nitrogens is 2. The fourth-order valence-electron chi connectivity index (χ4n) is 2.20. The van der Waals surface area contributed by atoms with E-state index in [2.05, 4.69) is 53.4 Å². The molecule has 1 heterocycles. The lowest BCUT2D eigenvalue weighted by Gasteiger charge is -2.18. The molecular weight excluding hydrogens is 248 g/mol. The van der Waals surface area contributed by atoms with E-state index in [0.717, 1.165) is 38.4 Å². The lowest BCUT2D eigenvalue weighted by molar-refractivity contribution is 0.302. The van der Waals surface area contributed by atoms with Crippen LogP contribution in [0.2, 0.25) is 0 Å². The molecule has 20 heavy (non-hydrogen) atoms. The van der Waals surface area contributed by atoms with Crippen LogP contribution in [-0.4, -0.2) is 40.9 Å². The Balaban J connectivity index is 1.77. The zero-order valence-electron chi connectivity index (χ0n) is 12.4. The van der Waals surface area contributed by atoms with Crippen molar-refractivity contribution in [2.24, 2.45) is 0 Å². The van der Waals surface area contributed by atoms with Crippen LogP contribution in [0, 0.1) is 0 Å². The summed E-state index contributed by atoms with van der Waals surface area (Å²) in [5.74, 6) is 0. The van der Waals surface area contributed by atoms with Crippen LogP contribution < -0.4 is 5.32 Å². The summed E-state index contributed by atoms with van der Waals surface area (Å²) in [4.78, 5) is 2.42. The summed E-state index contributed by atoms with van der Waals surface area (Å²) >= 11 is 0. The van der Waals surface area contributed by atoms with Crippen LogP contribution in [0.1, 0.15) is 19.4 Å². The van der Waals surface area contributed by atoms with E-state index in [-0.39, 0.29) is 0 Å². The topological polar surface area (TPSA) is 33.1 Å². The molecule has 4 nitrogen and oxygen atoms in total. The number of likely N-dealkylation sites (N-methyl/N-ethyl adjacent to an activating group) is 1. The normalized spacial score (nSPS) is 11.2. The van der Waals surface area contributed by atoms with Gasteiger partial charge in [-0.2, -0.15) is 5.10 Å². The fraction of sp³-hybridized carbons (Fsp3) is 0.438. The second-order valence-electron chi connectivity index (χ2n) is 4.82. The van der Waals surface area contributed by atoms with Gasteiger partial charge in [0.15, 0.2) is 0 Å². The number of rotatable bonds is 8. The number of hydrogen-bond donors (Lipinski definition) is 1. The number of benzene rings is 1. The first-order chi connectivity index (χ1) is 9.83. The Morgan fingerprint density at radius 1 is 1.15 bits per heavy atom. The smallest absolute Gasteiger partial charge is 0.0645 e. The summed E-state index contributed by atoms with van der Waals surface area (Å²) < 4.78 is 1.87. The molecule has 0 amide bonds. The molecule has 0 aliphatic carbocycles. The molecule has 0 radical (unpaired) electrons. The Morgan fingerprint density at radius 3 is 2.50 bits per heavy atom. The third kappa shape index (κ3) is 4.18. The van der Waals surface area contributed by atoms with Gasteiger partial charge in [0.25, 0.3) is 0 Å².